The Balaban J connectivity index is 1.82. The summed E-state index contributed by atoms with van der Waals surface area (Å²) in [7, 11) is 0. The molecule has 0 spiro atoms. The summed E-state index contributed by atoms with van der Waals surface area (Å²) in [4.78, 5) is 12.3. The van der Waals surface area contributed by atoms with Crippen molar-refractivity contribution in [3.05, 3.63) is 72.3 Å². The summed E-state index contributed by atoms with van der Waals surface area (Å²) >= 11 is 0. The second-order valence-electron chi connectivity index (χ2n) is 5.12. The molecule has 2 amide bonds. The van der Waals surface area contributed by atoms with Crippen LogP contribution in [0.3, 0.4) is 0 Å². The highest BCUT2D eigenvalue weighted by molar-refractivity contribution is 6.06. The zero-order chi connectivity index (χ0) is 15.4. The average molecular weight is 290 g/mol. The molecule has 0 heterocycles. The highest BCUT2D eigenvalue weighted by Crippen LogP contribution is 2.23. The Morgan fingerprint density at radius 3 is 2.32 bits per heavy atom. The topological polar surface area (TPSA) is 41.1 Å². The molecule has 0 aliphatic carbocycles. The fourth-order valence-electron chi connectivity index (χ4n) is 2.56. The Hall–Kier alpha value is -2.81. The minimum Gasteiger partial charge on any atom is -0.307 e. The Bertz CT molecular complexity index is 806. The predicted octanol–water partition coefficient (Wildman–Crippen LogP) is 5.05. The second kappa shape index (κ2) is 6.31. The summed E-state index contributed by atoms with van der Waals surface area (Å²) in [6.07, 6.45) is 0.880. The molecule has 3 nitrogen and oxygen atoms in total. The summed E-state index contributed by atoms with van der Waals surface area (Å²) in [6.45, 7) is 2.07. The van der Waals surface area contributed by atoms with Crippen molar-refractivity contribution in [1.29, 1.82) is 0 Å². The van der Waals surface area contributed by atoms with E-state index in [1.807, 2.05) is 66.7 Å². The number of hydrogen-bond donors (Lipinski definition) is 2. The molecule has 0 atom stereocenters. The standard InChI is InChI=1S/C19H18N2O/c1-2-14-8-4-6-12-17(14)20-19(22)21-18-13-7-10-15-9-3-5-11-16(15)18/h3-13H,2H2,1H3,(H2,20,21,22). The van der Waals surface area contributed by atoms with Crippen LogP contribution < -0.4 is 10.6 Å². The highest BCUT2D eigenvalue weighted by Gasteiger charge is 2.07. The van der Waals surface area contributed by atoms with Gasteiger partial charge in [-0.25, -0.2) is 4.79 Å². The number of hydrogen-bond acceptors (Lipinski definition) is 1. The second-order valence-corrected chi connectivity index (χ2v) is 5.12. The van der Waals surface area contributed by atoms with E-state index in [4.69, 9.17) is 0 Å². The van der Waals surface area contributed by atoms with Crippen LogP contribution in [-0.4, -0.2) is 6.03 Å². The van der Waals surface area contributed by atoms with Crippen LogP contribution in [0.5, 0.6) is 0 Å². The van der Waals surface area contributed by atoms with Crippen molar-refractivity contribution in [2.24, 2.45) is 0 Å². The van der Waals surface area contributed by atoms with Gasteiger partial charge in [-0.2, -0.15) is 0 Å². The third-order valence-corrected chi connectivity index (χ3v) is 3.68. The number of carbonyl (C=O) groups excluding carboxylic acids is 1. The van der Waals surface area contributed by atoms with Crippen LogP contribution in [0.15, 0.2) is 66.7 Å². The number of anilines is 2. The van der Waals surface area contributed by atoms with Gasteiger partial charge < -0.3 is 10.6 Å². The number of urea groups is 1. The number of rotatable bonds is 3. The van der Waals surface area contributed by atoms with Crippen molar-refractivity contribution in [3.8, 4) is 0 Å². The van der Waals surface area contributed by atoms with Gasteiger partial charge in [-0.3, -0.25) is 0 Å². The summed E-state index contributed by atoms with van der Waals surface area (Å²) < 4.78 is 0. The van der Waals surface area contributed by atoms with E-state index in [1.54, 1.807) is 0 Å². The molecule has 3 rings (SSSR count). The first kappa shape index (κ1) is 14.1. The lowest BCUT2D eigenvalue weighted by Gasteiger charge is -2.12. The number of amides is 2. The van der Waals surface area contributed by atoms with E-state index in [0.29, 0.717) is 0 Å². The summed E-state index contributed by atoms with van der Waals surface area (Å²) in [5.41, 5.74) is 2.78. The van der Waals surface area contributed by atoms with Gasteiger partial charge in [-0.1, -0.05) is 61.5 Å². The van der Waals surface area contributed by atoms with Gasteiger partial charge in [0.2, 0.25) is 0 Å². The summed E-state index contributed by atoms with van der Waals surface area (Å²) in [6, 6.07) is 21.5. The van der Waals surface area contributed by atoms with E-state index in [0.717, 1.165) is 34.1 Å². The normalized spacial score (nSPS) is 10.4. The van der Waals surface area contributed by atoms with Gasteiger partial charge in [0.05, 0.1) is 5.69 Å². The summed E-state index contributed by atoms with van der Waals surface area (Å²) in [5.74, 6) is 0. The van der Waals surface area contributed by atoms with Crippen LogP contribution in [0.4, 0.5) is 16.2 Å². The molecule has 2 N–H and O–H groups in total. The molecule has 3 aromatic rings. The van der Waals surface area contributed by atoms with Gasteiger partial charge in [0.1, 0.15) is 0 Å². The number of para-hydroxylation sites is 1. The molecule has 110 valence electrons. The third-order valence-electron chi connectivity index (χ3n) is 3.68. The highest BCUT2D eigenvalue weighted by atomic mass is 16.2. The molecule has 0 saturated heterocycles. The van der Waals surface area contributed by atoms with Crippen molar-refractivity contribution in [2.75, 3.05) is 10.6 Å². The van der Waals surface area contributed by atoms with Crippen LogP contribution in [-0.2, 0) is 6.42 Å². The zero-order valence-corrected chi connectivity index (χ0v) is 12.5. The SMILES string of the molecule is CCc1ccccc1NC(=O)Nc1cccc2ccccc12. The van der Waals surface area contributed by atoms with Crippen molar-refractivity contribution >= 4 is 28.2 Å². The van der Waals surface area contributed by atoms with E-state index in [9.17, 15) is 4.79 Å². The minimum absolute atomic E-state index is 0.225. The average Bonchev–Trinajstić information content (AvgIpc) is 2.55. The Morgan fingerprint density at radius 2 is 1.45 bits per heavy atom. The Morgan fingerprint density at radius 1 is 0.818 bits per heavy atom. The van der Waals surface area contributed by atoms with Gasteiger partial charge in [-0.05, 0) is 29.5 Å². The maximum atomic E-state index is 12.3. The first-order chi connectivity index (χ1) is 10.8. The number of benzene rings is 3. The molecule has 3 aromatic carbocycles. The molecule has 0 fully saturated rings. The molecule has 0 aromatic heterocycles. The molecule has 0 aliphatic rings. The Kier molecular flexibility index (Phi) is 4.05. The van der Waals surface area contributed by atoms with Crippen LogP contribution in [0.25, 0.3) is 10.8 Å². The van der Waals surface area contributed by atoms with E-state index >= 15 is 0 Å². The molecule has 0 unspecified atom stereocenters. The van der Waals surface area contributed by atoms with Gasteiger partial charge in [0.25, 0.3) is 0 Å². The quantitative estimate of drug-likeness (QED) is 0.696. The number of fused-ring (bicyclic) bond motifs is 1. The molecule has 0 aliphatic heterocycles. The lowest BCUT2D eigenvalue weighted by molar-refractivity contribution is 0.262. The van der Waals surface area contributed by atoms with Crippen LogP contribution >= 0.6 is 0 Å². The van der Waals surface area contributed by atoms with Gasteiger partial charge in [-0.15, -0.1) is 0 Å². The van der Waals surface area contributed by atoms with Gasteiger partial charge in [0.15, 0.2) is 0 Å². The Labute approximate surface area is 130 Å². The fraction of sp³-hybridized carbons (Fsp3) is 0.105. The van der Waals surface area contributed by atoms with Crippen molar-refractivity contribution in [2.45, 2.75) is 13.3 Å². The van der Waals surface area contributed by atoms with Crippen molar-refractivity contribution < 1.29 is 4.79 Å². The minimum atomic E-state index is -0.225. The lowest BCUT2D eigenvalue weighted by Crippen LogP contribution is -2.20. The molecule has 0 radical (unpaired) electrons. The smallest absolute Gasteiger partial charge is 0.307 e. The number of nitrogens with one attached hydrogen (secondary N) is 2. The van der Waals surface area contributed by atoms with E-state index in [2.05, 4.69) is 17.6 Å². The molecular weight excluding hydrogens is 272 g/mol. The lowest BCUT2D eigenvalue weighted by atomic mass is 10.1. The monoisotopic (exact) mass is 290 g/mol. The van der Waals surface area contributed by atoms with Crippen LogP contribution in [0.1, 0.15) is 12.5 Å². The first-order valence-electron chi connectivity index (χ1n) is 7.41. The maximum absolute atomic E-state index is 12.3. The van der Waals surface area contributed by atoms with E-state index in [1.165, 1.54) is 0 Å². The van der Waals surface area contributed by atoms with E-state index < -0.39 is 0 Å². The predicted molar refractivity (Wildman–Crippen MR) is 92.4 cm³/mol. The molecule has 22 heavy (non-hydrogen) atoms. The third kappa shape index (κ3) is 2.93. The molecule has 0 bridgehead atoms. The van der Waals surface area contributed by atoms with Crippen molar-refractivity contribution in [3.63, 3.8) is 0 Å². The molecular formula is C19H18N2O. The largest absolute Gasteiger partial charge is 0.323 e. The number of carbonyl (C=O) groups is 1. The fourth-order valence-corrected chi connectivity index (χ4v) is 2.56. The van der Waals surface area contributed by atoms with Gasteiger partial charge >= 0.3 is 6.03 Å². The zero-order valence-electron chi connectivity index (χ0n) is 12.5. The van der Waals surface area contributed by atoms with E-state index in [-0.39, 0.29) is 6.03 Å². The first-order valence-corrected chi connectivity index (χ1v) is 7.41. The maximum Gasteiger partial charge on any atom is 0.323 e. The summed E-state index contributed by atoms with van der Waals surface area (Å²) in [5, 5.41) is 8.00. The molecule has 3 heteroatoms. The molecule has 0 saturated carbocycles. The van der Waals surface area contributed by atoms with Gasteiger partial charge in [0, 0.05) is 11.1 Å². The van der Waals surface area contributed by atoms with Crippen molar-refractivity contribution in [1.82, 2.24) is 0 Å². The van der Waals surface area contributed by atoms with Crippen LogP contribution in [0.2, 0.25) is 0 Å². The van der Waals surface area contributed by atoms with Crippen LogP contribution in [0, 0.1) is 0 Å². The number of aryl methyl sites for hydroxylation is 1.